The minimum absolute atomic E-state index is 0.373. The first-order valence-electron chi connectivity index (χ1n) is 17.7. The van der Waals surface area contributed by atoms with Crippen molar-refractivity contribution >= 4 is 44.6 Å². The first-order valence-corrected chi connectivity index (χ1v) is 17.7. The maximum atomic E-state index is 7.06. The molecule has 1 fully saturated rings. The zero-order valence-electron chi connectivity index (χ0n) is 27.0. The standard InChI is InChI=1S/C46H38O2/c1-3-13-29(14-4-1)31-25-32(34-20-12-24-42-44(34)38-19-9-10-23-41(38)47-42)27-33(26-31)35-21-11-22-39-45-37-18-8-7-17-36(37)40(28-43(45)48-46(35)39)30-15-5-2-6-16-30/h1-7,9-17,19-24,28,31-33,36-37H,8,18,25-27H2. The van der Waals surface area contributed by atoms with Gasteiger partial charge in [-0.15, -0.1) is 0 Å². The van der Waals surface area contributed by atoms with Gasteiger partial charge in [0.15, 0.2) is 0 Å². The number of benzene rings is 5. The van der Waals surface area contributed by atoms with Gasteiger partial charge in [0.1, 0.15) is 22.5 Å². The topological polar surface area (TPSA) is 26.3 Å². The molecule has 1 saturated carbocycles. The van der Waals surface area contributed by atoms with E-state index in [9.17, 15) is 0 Å². The molecule has 2 heteroatoms. The summed E-state index contributed by atoms with van der Waals surface area (Å²) in [7, 11) is 0. The molecule has 3 aliphatic carbocycles. The van der Waals surface area contributed by atoms with Crippen molar-refractivity contribution in [2.24, 2.45) is 5.92 Å². The molecule has 0 amide bonds. The van der Waals surface area contributed by atoms with Gasteiger partial charge < -0.3 is 8.83 Å². The van der Waals surface area contributed by atoms with E-state index in [1.807, 2.05) is 0 Å². The highest BCUT2D eigenvalue weighted by atomic mass is 16.3. The molecular weight excluding hydrogens is 585 g/mol. The highest BCUT2D eigenvalue weighted by Gasteiger charge is 2.38. The lowest BCUT2D eigenvalue weighted by atomic mass is 9.67. The molecule has 2 aromatic heterocycles. The predicted octanol–water partition coefficient (Wildman–Crippen LogP) is 12.8. The average Bonchev–Trinajstić information content (AvgIpc) is 3.74. The molecule has 0 radical (unpaired) electrons. The van der Waals surface area contributed by atoms with Crippen LogP contribution in [0.5, 0.6) is 0 Å². The van der Waals surface area contributed by atoms with E-state index in [4.69, 9.17) is 8.83 Å². The molecule has 234 valence electrons. The van der Waals surface area contributed by atoms with Crippen LogP contribution in [0.15, 0.2) is 142 Å². The molecule has 48 heavy (non-hydrogen) atoms. The van der Waals surface area contributed by atoms with Gasteiger partial charge >= 0.3 is 0 Å². The van der Waals surface area contributed by atoms with E-state index in [-0.39, 0.29) is 0 Å². The van der Waals surface area contributed by atoms with Gasteiger partial charge in [-0.25, -0.2) is 0 Å². The average molecular weight is 623 g/mol. The quantitative estimate of drug-likeness (QED) is 0.183. The summed E-state index contributed by atoms with van der Waals surface area (Å²) < 4.78 is 13.4. The Hall–Kier alpha value is -5.08. The van der Waals surface area contributed by atoms with E-state index in [1.165, 1.54) is 49.5 Å². The first-order chi connectivity index (χ1) is 23.8. The van der Waals surface area contributed by atoms with Gasteiger partial charge in [0.25, 0.3) is 0 Å². The molecule has 10 rings (SSSR count). The molecule has 0 saturated heterocycles. The summed E-state index contributed by atoms with van der Waals surface area (Å²) in [5.74, 6) is 3.11. The number of furan rings is 2. The highest BCUT2D eigenvalue weighted by Crippen LogP contribution is 2.54. The fraction of sp³-hybridized carbons (Fsp3) is 0.217. The number of hydrogen-bond donors (Lipinski definition) is 0. The van der Waals surface area contributed by atoms with Gasteiger partial charge in [0.2, 0.25) is 0 Å². The van der Waals surface area contributed by atoms with E-state index in [2.05, 4.69) is 140 Å². The second kappa shape index (κ2) is 11.3. The van der Waals surface area contributed by atoms with Crippen LogP contribution in [0.4, 0.5) is 0 Å². The lowest BCUT2D eigenvalue weighted by Gasteiger charge is -2.36. The maximum Gasteiger partial charge on any atom is 0.138 e. The van der Waals surface area contributed by atoms with Gasteiger partial charge in [-0.2, -0.15) is 0 Å². The van der Waals surface area contributed by atoms with Crippen LogP contribution in [0.3, 0.4) is 0 Å². The van der Waals surface area contributed by atoms with Crippen molar-refractivity contribution in [1.29, 1.82) is 0 Å². The molecule has 5 atom stereocenters. The van der Waals surface area contributed by atoms with Crippen LogP contribution >= 0.6 is 0 Å². The van der Waals surface area contributed by atoms with E-state index in [1.54, 1.807) is 0 Å². The van der Waals surface area contributed by atoms with Gasteiger partial charge in [0.05, 0.1) is 0 Å². The third-order valence-electron chi connectivity index (χ3n) is 11.7. The minimum Gasteiger partial charge on any atom is -0.456 e. The van der Waals surface area contributed by atoms with Crippen LogP contribution < -0.4 is 0 Å². The maximum absolute atomic E-state index is 7.06. The van der Waals surface area contributed by atoms with Crippen LogP contribution in [0.2, 0.25) is 0 Å². The molecule has 0 bridgehead atoms. The van der Waals surface area contributed by atoms with Crippen LogP contribution in [0, 0.1) is 5.92 Å². The van der Waals surface area contributed by atoms with Crippen molar-refractivity contribution in [3.05, 3.63) is 167 Å². The monoisotopic (exact) mass is 622 g/mol. The van der Waals surface area contributed by atoms with E-state index < -0.39 is 0 Å². The Morgan fingerprint density at radius 1 is 0.562 bits per heavy atom. The van der Waals surface area contributed by atoms with Crippen LogP contribution in [0.25, 0.3) is 44.6 Å². The molecule has 7 aromatic rings. The van der Waals surface area contributed by atoms with Crippen molar-refractivity contribution in [3.63, 3.8) is 0 Å². The highest BCUT2D eigenvalue weighted by molar-refractivity contribution is 6.07. The fourth-order valence-corrected chi connectivity index (χ4v) is 9.58. The third-order valence-corrected chi connectivity index (χ3v) is 11.7. The van der Waals surface area contributed by atoms with Crippen molar-refractivity contribution in [2.45, 2.75) is 55.8 Å². The van der Waals surface area contributed by atoms with Crippen LogP contribution in [-0.2, 0) is 0 Å². The lowest BCUT2D eigenvalue weighted by Crippen LogP contribution is -2.20. The second-order valence-corrected chi connectivity index (χ2v) is 14.2. The molecular formula is C46H38O2. The van der Waals surface area contributed by atoms with Gasteiger partial charge in [-0.1, -0.05) is 121 Å². The normalized spacial score (nSPS) is 23.7. The predicted molar refractivity (Wildman–Crippen MR) is 197 cm³/mol. The van der Waals surface area contributed by atoms with Crippen molar-refractivity contribution < 1.29 is 8.83 Å². The third kappa shape index (κ3) is 4.46. The molecule has 5 aromatic carbocycles. The molecule has 5 unspecified atom stereocenters. The number of hydrogen-bond acceptors (Lipinski definition) is 2. The first kappa shape index (κ1) is 28.0. The van der Waals surface area contributed by atoms with Crippen molar-refractivity contribution in [2.75, 3.05) is 0 Å². The lowest BCUT2D eigenvalue weighted by molar-refractivity contribution is 0.352. The summed E-state index contributed by atoms with van der Waals surface area (Å²) in [5, 5.41) is 3.82. The summed E-state index contributed by atoms with van der Waals surface area (Å²) in [6.07, 6.45) is 12.8. The Morgan fingerprint density at radius 3 is 2.12 bits per heavy atom. The number of fused-ring (bicyclic) bond motifs is 8. The summed E-state index contributed by atoms with van der Waals surface area (Å²) in [4.78, 5) is 0. The van der Waals surface area contributed by atoms with Gasteiger partial charge in [0, 0.05) is 27.6 Å². The Labute approximate surface area is 281 Å². The van der Waals surface area contributed by atoms with Crippen molar-refractivity contribution in [1.82, 2.24) is 0 Å². The zero-order valence-corrected chi connectivity index (χ0v) is 27.0. The second-order valence-electron chi connectivity index (χ2n) is 14.2. The summed E-state index contributed by atoms with van der Waals surface area (Å²) in [6.45, 7) is 0. The van der Waals surface area contributed by atoms with Crippen LogP contribution in [-0.4, -0.2) is 0 Å². The van der Waals surface area contributed by atoms with E-state index in [0.29, 0.717) is 29.6 Å². The smallest absolute Gasteiger partial charge is 0.138 e. The Kier molecular flexibility index (Phi) is 6.57. The molecule has 3 aliphatic rings. The largest absolute Gasteiger partial charge is 0.456 e. The molecule has 0 spiro atoms. The van der Waals surface area contributed by atoms with E-state index in [0.717, 1.165) is 54.6 Å². The number of allylic oxidation sites excluding steroid dienone is 3. The summed E-state index contributed by atoms with van der Waals surface area (Å²) in [5.41, 5.74) is 11.4. The Morgan fingerprint density at radius 2 is 1.25 bits per heavy atom. The summed E-state index contributed by atoms with van der Waals surface area (Å²) in [6, 6.07) is 44.3. The Bertz CT molecular complexity index is 2350. The molecule has 0 N–H and O–H groups in total. The van der Waals surface area contributed by atoms with Gasteiger partial charge in [-0.05, 0) is 102 Å². The zero-order chi connectivity index (χ0) is 31.6. The molecule has 0 aliphatic heterocycles. The number of para-hydroxylation sites is 2. The van der Waals surface area contributed by atoms with Crippen LogP contribution in [0.1, 0.15) is 89.4 Å². The SMILES string of the molecule is C1=CC2C(c3ccccc3)=Cc3oc4c(C5CC(c6ccccc6)CC(c6cccc7oc8ccccc8c67)C5)cccc4c3C2CC1. The fourth-order valence-electron chi connectivity index (χ4n) is 9.58. The van der Waals surface area contributed by atoms with Crippen molar-refractivity contribution in [3.8, 4) is 0 Å². The minimum atomic E-state index is 0.373. The van der Waals surface area contributed by atoms with E-state index >= 15 is 0 Å². The summed E-state index contributed by atoms with van der Waals surface area (Å²) >= 11 is 0. The van der Waals surface area contributed by atoms with Gasteiger partial charge in [-0.3, -0.25) is 0 Å². The number of rotatable bonds is 4. The Balaban J connectivity index is 1.12. The molecule has 2 heterocycles. The molecule has 2 nitrogen and oxygen atoms in total.